The van der Waals surface area contributed by atoms with Gasteiger partial charge in [-0.1, -0.05) is 0 Å². The van der Waals surface area contributed by atoms with E-state index >= 15 is 0 Å². The van der Waals surface area contributed by atoms with Crippen LogP contribution in [0.4, 0.5) is 0 Å². The van der Waals surface area contributed by atoms with Crippen LogP contribution in [0.5, 0.6) is 11.5 Å². The Morgan fingerprint density at radius 2 is 1.88 bits per heavy atom. The predicted octanol–water partition coefficient (Wildman–Crippen LogP) is 3.06. The molecule has 0 N–H and O–H groups in total. The van der Waals surface area contributed by atoms with E-state index < -0.39 is 0 Å². The predicted molar refractivity (Wildman–Crippen MR) is 64.3 cm³/mol. The third-order valence-corrected chi connectivity index (χ3v) is 3.31. The molecular formula is C12H13BrO3. The van der Waals surface area contributed by atoms with Crippen molar-refractivity contribution in [2.45, 2.75) is 12.8 Å². The lowest BCUT2D eigenvalue weighted by Gasteiger charge is -2.11. The van der Waals surface area contributed by atoms with Crippen molar-refractivity contribution in [2.24, 2.45) is 5.92 Å². The van der Waals surface area contributed by atoms with Crippen molar-refractivity contribution in [1.82, 2.24) is 0 Å². The lowest BCUT2D eigenvalue weighted by molar-refractivity contribution is 0.0964. The van der Waals surface area contributed by atoms with Crippen molar-refractivity contribution in [3.8, 4) is 11.5 Å². The average Bonchev–Trinajstić information content (AvgIpc) is 3.11. The fraction of sp³-hybridized carbons (Fsp3) is 0.417. The second-order valence-corrected chi connectivity index (χ2v) is 4.68. The van der Waals surface area contributed by atoms with E-state index in [1.165, 1.54) is 0 Å². The fourth-order valence-electron chi connectivity index (χ4n) is 1.62. The zero-order chi connectivity index (χ0) is 11.7. The number of halogens is 1. The monoisotopic (exact) mass is 284 g/mol. The summed E-state index contributed by atoms with van der Waals surface area (Å²) in [5.74, 6) is 1.59. The van der Waals surface area contributed by atoms with Crippen molar-refractivity contribution in [3.63, 3.8) is 0 Å². The number of benzene rings is 1. The summed E-state index contributed by atoms with van der Waals surface area (Å²) in [6.07, 6.45) is 1.97. The Kier molecular flexibility index (Phi) is 3.19. The molecule has 1 aliphatic carbocycles. The van der Waals surface area contributed by atoms with E-state index in [2.05, 4.69) is 15.9 Å². The number of hydrogen-bond acceptors (Lipinski definition) is 3. The molecule has 0 aliphatic heterocycles. The first kappa shape index (κ1) is 11.5. The lowest BCUT2D eigenvalue weighted by Crippen LogP contribution is -2.05. The molecule has 0 radical (unpaired) electrons. The first-order valence-electron chi connectivity index (χ1n) is 5.13. The molecule has 1 aromatic rings. The van der Waals surface area contributed by atoms with Crippen LogP contribution in [0.3, 0.4) is 0 Å². The van der Waals surface area contributed by atoms with E-state index in [0.29, 0.717) is 17.1 Å². The smallest absolute Gasteiger partial charge is 0.169 e. The summed E-state index contributed by atoms with van der Waals surface area (Å²) in [6, 6.07) is 3.51. The van der Waals surface area contributed by atoms with Crippen LogP contribution in [0.25, 0.3) is 0 Å². The van der Waals surface area contributed by atoms with Gasteiger partial charge in [-0.2, -0.15) is 0 Å². The normalized spacial score (nSPS) is 14.7. The number of methoxy groups -OCH3 is 2. The minimum absolute atomic E-state index is 0.155. The molecule has 0 spiro atoms. The summed E-state index contributed by atoms with van der Waals surface area (Å²) in [4.78, 5) is 12.0. The van der Waals surface area contributed by atoms with Gasteiger partial charge in [-0.3, -0.25) is 4.79 Å². The Bertz CT molecular complexity index is 425. The molecule has 86 valence electrons. The molecule has 0 bridgehead atoms. The second kappa shape index (κ2) is 4.45. The second-order valence-electron chi connectivity index (χ2n) is 3.83. The van der Waals surface area contributed by atoms with Crippen LogP contribution in [0.1, 0.15) is 23.2 Å². The zero-order valence-corrected chi connectivity index (χ0v) is 10.8. The molecule has 0 aromatic heterocycles. The van der Waals surface area contributed by atoms with E-state index in [1.54, 1.807) is 26.4 Å². The van der Waals surface area contributed by atoms with Crippen LogP contribution in [0.2, 0.25) is 0 Å². The lowest BCUT2D eigenvalue weighted by atomic mass is 10.1. The van der Waals surface area contributed by atoms with Gasteiger partial charge in [0.15, 0.2) is 5.78 Å². The molecule has 0 heterocycles. The summed E-state index contributed by atoms with van der Waals surface area (Å²) in [5.41, 5.74) is 0.616. The van der Waals surface area contributed by atoms with E-state index in [9.17, 15) is 4.79 Å². The Labute approximate surface area is 103 Å². The average molecular weight is 285 g/mol. The quantitative estimate of drug-likeness (QED) is 0.798. The molecule has 0 amide bonds. The third kappa shape index (κ3) is 2.07. The van der Waals surface area contributed by atoms with Gasteiger partial charge in [-0.05, 0) is 40.9 Å². The molecule has 0 atom stereocenters. The molecule has 4 heteroatoms. The molecule has 0 unspecified atom stereocenters. The van der Waals surface area contributed by atoms with Crippen LogP contribution in [-0.4, -0.2) is 20.0 Å². The highest BCUT2D eigenvalue weighted by Gasteiger charge is 2.32. The first-order chi connectivity index (χ1) is 7.67. The summed E-state index contributed by atoms with van der Waals surface area (Å²) >= 11 is 3.37. The van der Waals surface area contributed by atoms with Gasteiger partial charge in [-0.15, -0.1) is 0 Å². The molecule has 16 heavy (non-hydrogen) atoms. The van der Waals surface area contributed by atoms with Crippen molar-refractivity contribution >= 4 is 21.7 Å². The third-order valence-electron chi connectivity index (χ3n) is 2.69. The molecule has 2 rings (SSSR count). The molecule has 1 saturated carbocycles. The van der Waals surface area contributed by atoms with Crippen molar-refractivity contribution < 1.29 is 14.3 Å². The number of hydrogen-bond donors (Lipinski definition) is 0. The number of carbonyl (C=O) groups excluding carboxylic acids is 1. The molecule has 1 aromatic carbocycles. The van der Waals surface area contributed by atoms with Gasteiger partial charge in [0.05, 0.1) is 24.3 Å². The summed E-state index contributed by atoms with van der Waals surface area (Å²) in [5, 5.41) is 0. The van der Waals surface area contributed by atoms with Gasteiger partial charge in [0.25, 0.3) is 0 Å². The fourth-order valence-corrected chi connectivity index (χ4v) is 2.10. The van der Waals surface area contributed by atoms with Gasteiger partial charge in [0.2, 0.25) is 0 Å². The van der Waals surface area contributed by atoms with E-state index in [0.717, 1.165) is 17.3 Å². The van der Waals surface area contributed by atoms with Crippen LogP contribution < -0.4 is 9.47 Å². The number of Topliss-reactive ketones (excluding diaryl/α,β-unsaturated/α-hetero) is 1. The van der Waals surface area contributed by atoms with Gasteiger partial charge in [0.1, 0.15) is 11.5 Å². The Morgan fingerprint density at radius 3 is 2.38 bits per heavy atom. The van der Waals surface area contributed by atoms with Crippen LogP contribution in [-0.2, 0) is 0 Å². The zero-order valence-electron chi connectivity index (χ0n) is 9.25. The largest absolute Gasteiger partial charge is 0.496 e. The molecule has 3 nitrogen and oxygen atoms in total. The summed E-state index contributed by atoms with van der Waals surface area (Å²) in [7, 11) is 3.15. The number of ketones is 1. The van der Waals surface area contributed by atoms with Gasteiger partial charge >= 0.3 is 0 Å². The highest BCUT2D eigenvalue weighted by atomic mass is 79.9. The highest BCUT2D eigenvalue weighted by molar-refractivity contribution is 9.10. The number of rotatable bonds is 4. The maximum Gasteiger partial charge on any atom is 0.169 e. The minimum atomic E-state index is 0.155. The van der Waals surface area contributed by atoms with Crippen LogP contribution in [0, 0.1) is 5.92 Å². The molecular weight excluding hydrogens is 272 g/mol. The van der Waals surface area contributed by atoms with Gasteiger partial charge in [0, 0.05) is 5.92 Å². The molecule has 1 aliphatic rings. The Morgan fingerprint density at radius 1 is 1.25 bits per heavy atom. The van der Waals surface area contributed by atoms with Crippen molar-refractivity contribution in [1.29, 1.82) is 0 Å². The van der Waals surface area contributed by atoms with E-state index in [1.807, 2.05) is 0 Å². The number of carbonyl (C=O) groups is 1. The van der Waals surface area contributed by atoms with Crippen molar-refractivity contribution in [2.75, 3.05) is 14.2 Å². The van der Waals surface area contributed by atoms with Crippen LogP contribution in [0.15, 0.2) is 16.6 Å². The number of ether oxygens (including phenoxy) is 2. The summed E-state index contributed by atoms with van der Waals surface area (Å²) < 4.78 is 11.2. The molecule has 1 fully saturated rings. The summed E-state index contributed by atoms with van der Waals surface area (Å²) in [6.45, 7) is 0. The van der Waals surface area contributed by atoms with Gasteiger partial charge in [-0.25, -0.2) is 0 Å². The highest BCUT2D eigenvalue weighted by Crippen LogP contribution is 2.39. The van der Waals surface area contributed by atoms with Crippen LogP contribution >= 0.6 is 15.9 Å². The van der Waals surface area contributed by atoms with Crippen molar-refractivity contribution in [3.05, 3.63) is 22.2 Å². The topological polar surface area (TPSA) is 35.5 Å². The first-order valence-corrected chi connectivity index (χ1v) is 5.92. The maximum atomic E-state index is 12.0. The van der Waals surface area contributed by atoms with E-state index in [-0.39, 0.29) is 11.7 Å². The maximum absolute atomic E-state index is 12.0. The SMILES string of the molecule is COc1cc(C(=O)C2CC2)c(OC)cc1Br. The minimum Gasteiger partial charge on any atom is -0.496 e. The van der Waals surface area contributed by atoms with E-state index in [4.69, 9.17) is 9.47 Å². The standard InChI is InChI=1S/C12H13BrO3/c1-15-10-6-9(13)11(16-2)5-8(10)12(14)7-3-4-7/h5-7H,3-4H2,1-2H3. The Balaban J connectivity index is 2.44. The van der Waals surface area contributed by atoms with Gasteiger partial charge < -0.3 is 9.47 Å². The molecule has 0 saturated heterocycles. The Hall–Kier alpha value is -1.03.